The van der Waals surface area contributed by atoms with Crippen LogP contribution in [0.4, 0.5) is 5.69 Å². The predicted molar refractivity (Wildman–Crippen MR) is 98.1 cm³/mol. The summed E-state index contributed by atoms with van der Waals surface area (Å²) in [4.78, 5) is 25.0. The second-order valence-electron chi connectivity index (χ2n) is 5.77. The maximum absolute atomic E-state index is 11.8. The monoisotopic (exact) mass is 366 g/mol. The largest absolute Gasteiger partial charge is 0.370 e. The minimum absolute atomic E-state index is 0.268. The lowest BCUT2D eigenvalue weighted by atomic mass is 10.2. The molecule has 2 rings (SSSR count). The van der Waals surface area contributed by atoms with Gasteiger partial charge in [0, 0.05) is 5.69 Å². The quantitative estimate of drug-likeness (QED) is 0.249. The fourth-order valence-electron chi connectivity index (χ4n) is 2.30. The molecule has 1 aliphatic heterocycles. The Balaban J connectivity index is 1.62. The average Bonchev–Trinajstić information content (AvgIpc) is 2.62. The van der Waals surface area contributed by atoms with Gasteiger partial charge < -0.3 is 20.3 Å². The topological polar surface area (TPSA) is 95.9 Å². The molecule has 2 amide bonds. The van der Waals surface area contributed by atoms with Crippen molar-refractivity contribution in [3.8, 4) is 0 Å². The van der Waals surface area contributed by atoms with Crippen LogP contribution >= 0.6 is 12.2 Å². The van der Waals surface area contributed by atoms with Crippen LogP contribution in [0.2, 0.25) is 0 Å². The number of amides is 2. The van der Waals surface area contributed by atoms with Crippen molar-refractivity contribution in [3.63, 3.8) is 0 Å². The molecule has 1 aromatic carbocycles. The van der Waals surface area contributed by atoms with E-state index in [1.165, 1.54) is 4.90 Å². The molecule has 0 bridgehead atoms. The average molecular weight is 366 g/mol. The van der Waals surface area contributed by atoms with E-state index in [4.69, 9.17) is 17.0 Å². The fraction of sp³-hybridized carbons (Fsp3) is 0.438. The van der Waals surface area contributed by atoms with Gasteiger partial charge in [-0.15, -0.1) is 0 Å². The second kappa shape index (κ2) is 9.92. The van der Waals surface area contributed by atoms with Gasteiger partial charge in [-0.05, 0) is 31.3 Å². The number of ether oxygens (including phenoxy) is 1. The molecule has 8 nitrogen and oxygen atoms in total. The molecule has 0 unspecified atom stereocenters. The molecule has 5 N–H and O–H groups in total. The van der Waals surface area contributed by atoms with Crippen molar-refractivity contribution in [1.82, 2.24) is 16.2 Å². The number of carbonyl (C=O) groups is 2. The molecule has 1 aliphatic rings. The predicted octanol–water partition coefficient (Wildman–Crippen LogP) is -1.66. The van der Waals surface area contributed by atoms with Gasteiger partial charge in [0.05, 0.1) is 26.3 Å². The number of benzene rings is 1. The van der Waals surface area contributed by atoms with Crippen molar-refractivity contribution in [3.05, 3.63) is 29.8 Å². The lowest BCUT2D eigenvalue weighted by Crippen LogP contribution is -3.14. The Morgan fingerprint density at radius 3 is 2.48 bits per heavy atom. The number of rotatable bonds is 4. The summed E-state index contributed by atoms with van der Waals surface area (Å²) in [5, 5.41) is 5.77. The molecule has 1 aromatic rings. The van der Waals surface area contributed by atoms with Gasteiger partial charge in [-0.1, -0.05) is 17.7 Å². The summed E-state index contributed by atoms with van der Waals surface area (Å²) < 4.78 is 5.30. The maximum atomic E-state index is 11.8. The number of hydrogen-bond donors (Lipinski definition) is 5. The summed E-state index contributed by atoms with van der Waals surface area (Å²) in [5.74, 6) is -1.58. The highest BCUT2D eigenvalue weighted by atomic mass is 32.1. The summed E-state index contributed by atoms with van der Waals surface area (Å²) in [6.07, 6.45) is 0. The van der Waals surface area contributed by atoms with E-state index in [1.54, 1.807) is 12.1 Å². The van der Waals surface area contributed by atoms with E-state index in [9.17, 15) is 9.59 Å². The Bertz CT molecular complexity index is 602. The molecule has 0 saturated carbocycles. The Kier molecular flexibility index (Phi) is 7.58. The molecule has 25 heavy (non-hydrogen) atoms. The third kappa shape index (κ3) is 7.04. The molecule has 0 radical (unpaired) electrons. The number of thiocarbonyl (C=S) groups is 1. The lowest BCUT2D eigenvalue weighted by molar-refractivity contribution is -0.906. The number of hydrogen-bond acceptors (Lipinski definition) is 4. The van der Waals surface area contributed by atoms with E-state index in [0.717, 1.165) is 38.4 Å². The van der Waals surface area contributed by atoms with Gasteiger partial charge in [0.15, 0.2) is 5.11 Å². The van der Waals surface area contributed by atoms with Gasteiger partial charge >= 0.3 is 11.8 Å². The van der Waals surface area contributed by atoms with E-state index in [-0.39, 0.29) is 5.11 Å². The van der Waals surface area contributed by atoms with Crippen LogP contribution in [0.3, 0.4) is 0 Å². The van der Waals surface area contributed by atoms with Gasteiger partial charge in [0.25, 0.3) is 0 Å². The van der Waals surface area contributed by atoms with Crippen LogP contribution in [-0.2, 0) is 14.3 Å². The molecule has 0 spiro atoms. The Hall–Kier alpha value is -2.23. The minimum Gasteiger partial charge on any atom is -0.370 e. The van der Waals surface area contributed by atoms with Gasteiger partial charge in [0.1, 0.15) is 13.1 Å². The van der Waals surface area contributed by atoms with Crippen LogP contribution in [-0.4, -0.2) is 56.3 Å². The number of nitrogens with one attached hydrogen (secondary N) is 5. The Labute approximate surface area is 152 Å². The van der Waals surface area contributed by atoms with Crippen molar-refractivity contribution >= 4 is 34.8 Å². The number of aryl methyl sites for hydroxylation is 1. The summed E-state index contributed by atoms with van der Waals surface area (Å²) in [7, 11) is 0. The van der Waals surface area contributed by atoms with E-state index in [0.29, 0.717) is 12.2 Å². The smallest absolute Gasteiger partial charge is 0.328 e. The van der Waals surface area contributed by atoms with Crippen LogP contribution in [0.1, 0.15) is 5.56 Å². The number of morpholine rings is 1. The zero-order valence-electron chi connectivity index (χ0n) is 14.2. The molecule has 1 fully saturated rings. The zero-order chi connectivity index (χ0) is 18.1. The highest BCUT2D eigenvalue weighted by molar-refractivity contribution is 7.80. The summed E-state index contributed by atoms with van der Waals surface area (Å²) >= 11 is 5.07. The van der Waals surface area contributed by atoms with E-state index < -0.39 is 11.8 Å². The number of anilines is 1. The first kappa shape index (κ1) is 19.1. The van der Waals surface area contributed by atoms with Crippen molar-refractivity contribution in [2.75, 3.05) is 44.7 Å². The molecule has 0 aromatic heterocycles. The first-order valence-electron chi connectivity index (χ1n) is 8.18. The summed E-state index contributed by atoms with van der Waals surface area (Å²) in [6.45, 7) is 7.06. The molecule has 0 aliphatic carbocycles. The molecular weight excluding hydrogens is 342 g/mol. The number of quaternary nitrogens is 1. The number of carbonyl (C=O) groups excluding carboxylic acids is 2. The molecule has 0 atom stereocenters. The SMILES string of the molecule is Cc1ccc(NC(=O)C(=O)NNC(=S)NCC[NH+]2CCOCC2)cc1. The maximum Gasteiger partial charge on any atom is 0.328 e. The third-order valence-corrected chi connectivity index (χ3v) is 4.02. The van der Waals surface area contributed by atoms with Crippen molar-refractivity contribution < 1.29 is 19.2 Å². The van der Waals surface area contributed by atoms with Gasteiger partial charge in [-0.25, -0.2) is 0 Å². The molecular formula is C16H24N5O3S+. The third-order valence-electron chi connectivity index (χ3n) is 3.77. The standard InChI is InChI=1S/C16H23N5O3S/c1-12-2-4-13(5-3-12)18-14(22)15(23)19-20-16(25)17-6-7-21-8-10-24-11-9-21/h2-5H,6-11H2,1H3,(H,18,22)(H,19,23)(H2,17,20,25)/p+1. The zero-order valence-corrected chi connectivity index (χ0v) is 15.0. The van der Waals surface area contributed by atoms with Crippen LogP contribution < -0.4 is 26.4 Å². The van der Waals surface area contributed by atoms with Crippen molar-refractivity contribution in [2.24, 2.45) is 0 Å². The molecule has 136 valence electrons. The van der Waals surface area contributed by atoms with Crippen LogP contribution in [0, 0.1) is 6.92 Å². The lowest BCUT2D eigenvalue weighted by Gasteiger charge is -2.24. The van der Waals surface area contributed by atoms with Gasteiger partial charge in [-0.2, -0.15) is 0 Å². The molecule has 1 heterocycles. The second-order valence-corrected chi connectivity index (χ2v) is 6.18. The van der Waals surface area contributed by atoms with Crippen molar-refractivity contribution in [2.45, 2.75) is 6.92 Å². The van der Waals surface area contributed by atoms with Crippen LogP contribution in [0.5, 0.6) is 0 Å². The van der Waals surface area contributed by atoms with Crippen molar-refractivity contribution in [1.29, 1.82) is 0 Å². The Morgan fingerprint density at radius 2 is 1.80 bits per heavy atom. The number of hydrazine groups is 1. The minimum atomic E-state index is -0.816. The Morgan fingerprint density at radius 1 is 1.12 bits per heavy atom. The highest BCUT2D eigenvalue weighted by Gasteiger charge is 2.15. The molecule has 9 heteroatoms. The van der Waals surface area contributed by atoms with Crippen LogP contribution in [0.25, 0.3) is 0 Å². The van der Waals surface area contributed by atoms with Gasteiger partial charge in [-0.3, -0.25) is 20.4 Å². The van der Waals surface area contributed by atoms with Crippen LogP contribution in [0.15, 0.2) is 24.3 Å². The first-order chi connectivity index (χ1) is 12.0. The normalized spacial score (nSPS) is 14.4. The first-order valence-corrected chi connectivity index (χ1v) is 8.58. The van der Waals surface area contributed by atoms with E-state index in [1.807, 2.05) is 19.1 Å². The van der Waals surface area contributed by atoms with E-state index >= 15 is 0 Å². The summed E-state index contributed by atoms with van der Waals surface area (Å²) in [6, 6.07) is 7.16. The fourth-order valence-corrected chi connectivity index (χ4v) is 2.46. The molecule has 1 saturated heterocycles. The summed E-state index contributed by atoms with van der Waals surface area (Å²) in [5.41, 5.74) is 6.42. The van der Waals surface area contributed by atoms with Gasteiger partial charge in [0.2, 0.25) is 0 Å². The van der Waals surface area contributed by atoms with E-state index in [2.05, 4.69) is 21.5 Å². The highest BCUT2D eigenvalue weighted by Crippen LogP contribution is 2.07.